The number of hydrogen-bond acceptors (Lipinski definition) is 2. The van der Waals surface area contributed by atoms with Crippen LogP contribution in [-0.2, 0) is 17.9 Å². The van der Waals surface area contributed by atoms with Crippen molar-refractivity contribution in [3.63, 3.8) is 0 Å². The molecule has 2 aromatic rings. The molecule has 120 valence electrons. The number of rotatable bonds is 6. The number of aryl methyl sites for hydroxylation is 1. The van der Waals surface area contributed by atoms with Gasteiger partial charge in [0.1, 0.15) is 5.82 Å². The van der Waals surface area contributed by atoms with Gasteiger partial charge in [0.15, 0.2) is 0 Å². The van der Waals surface area contributed by atoms with E-state index in [4.69, 9.17) is 0 Å². The minimum atomic E-state index is 0.288. The number of hydrogen-bond donors (Lipinski definition) is 0. The van der Waals surface area contributed by atoms with Crippen LogP contribution in [0, 0.1) is 12.8 Å². The lowest BCUT2D eigenvalue weighted by atomic mass is 10.1. The molecule has 0 N–H and O–H groups in total. The molecule has 1 amide bonds. The van der Waals surface area contributed by atoms with E-state index in [0.29, 0.717) is 18.5 Å². The van der Waals surface area contributed by atoms with Crippen LogP contribution >= 0.6 is 0 Å². The van der Waals surface area contributed by atoms with Gasteiger partial charge in [-0.1, -0.05) is 29.8 Å². The summed E-state index contributed by atoms with van der Waals surface area (Å²) in [6, 6.07) is 9.01. The normalized spacial score (nSPS) is 17.3. The SMILES string of the molecule is Cc1cccc(Cn2ccnc2CN(C(=O)C2CC2)C2CC2)c1. The van der Waals surface area contributed by atoms with E-state index in [-0.39, 0.29) is 5.92 Å². The molecule has 23 heavy (non-hydrogen) atoms. The fourth-order valence-corrected chi connectivity index (χ4v) is 3.13. The predicted molar refractivity (Wildman–Crippen MR) is 88.8 cm³/mol. The van der Waals surface area contributed by atoms with Crippen LogP contribution in [0.15, 0.2) is 36.7 Å². The molecule has 0 aliphatic heterocycles. The van der Waals surface area contributed by atoms with Gasteiger partial charge in [-0.2, -0.15) is 0 Å². The van der Waals surface area contributed by atoms with Gasteiger partial charge in [-0.15, -0.1) is 0 Å². The third-order valence-electron chi connectivity index (χ3n) is 4.75. The number of aromatic nitrogens is 2. The Morgan fingerprint density at radius 3 is 2.83 bits per heavy atom. The van der Waals surface area contributed by atoms with Crippen LogP contribution in [0.3, 0.4) is 0 Å². The molecular formula is C19H23N3O. The lowest BCUT2D eigenvalue weighted by Crippen LogP contribution is -2.34. The summed E-state index contributed by atoms with van der Waals surface area (Å²) >= 11 is 0. The quantitative estimate of drug-likeness (QED) is 0.822. The molecule has 2 aliphatic carbocycles. The highest BCUT2D eigenvalue weighted by Crippen LogP contribution is 2.36. The first-order chi connectivity index (χ1) is 11.2. The van der Waals surface area contributed by atoms with Crippen LogP contribution in [0.4, 0.5) is 0 Å². The number of imidazole rings is 1. The number of carbonyl (C=O) groups excluding carboxylic acids is 1. The molecule has 1 aromatic heterocycles. The third kappa shape index (κ3) is 3.31. The molecule has 0 bridgehead atoms. The van der Waals surface area contributed by atoms with Crippen LogP contribution in [0.2, 0.25) is 0 Å². The van der Waals surface area contributed by atoms with Gasteiger partial charge in [0, 0.05) is 30.9 Å². The molecule has 0 saturated heterocycles. The van der Waals surface area contributed by atoms with Crippen LogP contribution in [0.5, 0.6) is 0 Å². The highest BCUT2D eigenvalue weighted by Gasteiger charge is 2.40. The third-order valence-corrected chi connectivity index (χ3v) is 4.75. The Hall–Kier alpha value is -2.10. The van der Waals surface area contributed by atoms with E-state index in [1.54, 1.807) is 0 Å². The Bertz CT molecular complexity index is 713. The molecular weight excluding hydrogens is 286 g/mol. The zero-order valence-electron chi connectivity index (χ0n) is 13.6. The van der Waals surface area contributed by atoms with Crippen molar-refractivity contribution in [2.24, 2.45) is 5.92 Å². The van der Waals surface area contributed by atoms with Crippen LogP contribution in [-0.4, -0.2) is 26.4 Å². The zero-order chi connectivity index (χ0) is 15.8. The Balaban J connectivity index is 1.50. The van der Waals surface area contributed by atoms with E-state index < -0.39 is 0 Å². The molecule has 1 heterocycles. The molecule has 2 fully saturated rings. The summed E-state index contributed by atoms with van der Waals surface area (Å²) in [5.41, 5.74) is 2.54. The van der Waals surface area contributed by atoms with E-state index in [2.05, 4.69) is 45.6 Å². The number of benzene rings is 1. The van der Waals surface area contributed by atoms with Crippen molar-refractivity contribution in [1.82, 2.24) is 14.5 Å². The van der Waals surface area contributed by atoms with Crippen molar-refractivity contribution in [2.45, 2.75) is 51.7 Å². The van der Waals surface area contributed by atoms with Crippen molar-refractivity contribution >= 4 is 5.91 Å². The Morgan fingerprint density at radius 1 is 1.30 bits per heavy atom. The second-order valence-electron chi connectivity index (χ2n) is 6.93. The predicted octanol–water partition coefficient (Wildman–Crippen LogP) is 3.14. The highest BCUT2D eigenvalue weighted by molar-refractivity contribution is 5.81. The highest BCUT2D eigenvalue weighted by atomic mass is 16.2. The van der Waals surface area contributed by atoms with E-state index >= 15 is 0 Å². The van der Waals surface area contributed by atoms with E-state index in [0.717, 1.165) is 38.1 Å². The fraction of sp³-hybridized carbons (Fsp3) is 0.474. The van der Waals surface area contributed by atoms with Crippen molar-refractivity contribution in [1.29, 1.82) is 0 Å². The van der Waals surface area contributed by atoms with Crippen molar-refractivity contribution in [3.05, 3.63) is 53.6 Å². The first kappa shape index (κ1) is 14.5. The molecule has 4 heteroatoms. The number of nitrogens with zero attached hydrogens (tertiary/aromatic N) is 3. The molecule has 0 spiro atoms. The summed E-state index contributed by atoms with van der Waals surface area (Å²) in [5.74, 6) is 1.63. The molecule has 1 aromatic carbocycles. The van der Waals surface area contributed by atoms with E-state index in [1.807, 2.05) is 12.4 Å². The van der Waals surface area contributed by atoms with Gasteiger partial charge in [0.2, 0.25) is 5.91 Å². The smallest absolute Gasteiger partial charge is 0.226 e. The first-order valence-electron chi connectivity index (χ1n) is 8.57. The largest absolute Gasteiger partial charge is 0.332 e. The minimum absolute atomic E-state index is 0.288. The van der Waals surface area contributed by atoms with Crippen molar-refractivity contribution < 1.29 is 4.79 Å². The Labute approximate surface area is 137 Å². The molecule has 0 radical (unpaired) electrons. The maximum atomic E-state index is 12.5. The summed E-state index contributed by atoms with van der Waals surface area (Å²) in [5, 5.41) is 0. The van der Waals surface area contributed by atoms with Crippen LogP contribution in [0.25, 0.3) is 0 Å². The average molecular weight is 309 g/mol. The Morgan fingerprint density at radius 2 is 2.13 bits per heavy atom. The molecule has 4 nitrogen and oxygen atoms in total. The standard InChI is InChI=1S/C19H23N3O/c1-14-3-2-4-15(11-14)12-21-10-9-20-18(21)13-22(17-7-8-17)19(23)16-5-6-16/h2-4,9-11,16-17H,5-8,12-13H2,1H3. The van der Waals surface area contributed by atoms with Crippen LogP contribution in [0.1, 0.15) is 42.6 Å². The van der Waals surface area contributed by atoms with Gasteiger partial charge in [-0.05, 0) is 38.2 Å². The summed E-state index contributed by atoms with van der Waals surface area (Å²) in [6.07, 6.45) is 8.30. The molecule has 4 rings (SSSR count). The molecule has 0 atom stereocenters. The minimum Gasteiger partial charge on any atom is -0.332 e. The summed E-state index contributed by atoms with van der Waals surface area (Å²) in [6.45, 7) is 3.58. The maximum absolute atomic E-state index is 12.5. The summed E-state index contributed by atoms with van der Waals surface area (Å²) < 4.78 is 2.17. The molecule has 0 unspecified atom stereocenters. The molecule has 2 saturated carbocycles. The number of carbonyl (C=O) groups is 1. The second-order valence-corrected chi connectivity index (χ2v) is 6.93. The zero-order valence-corrected chi connectivity index (χ0v) is 13.6. The monoisotopic (exact) mass is 309 g/mol. The van der Waals surface area contributed by atoms with Gasteiger partial charge in [-0.3, -0.25) is 4.79 Å². The first-order valence-corrected chi connectivity index (χ1v) is 8.57. The second kappa shape index (κ2) is 5.84. The summed E-state index contributed by atoms with van der Waals surface area (Å²) in [7, 11) is 0. The maximum Gasteiger partial charge on any atom is 0.226 e. The lowest BCUT2D eigenvalue weighted by molar-refractivity contribution is -0.133. The van der Waals surface area contributed by atoms with Crippen LogP contribution < -0.4 is 0 Å². The van der Waals surface area contributed by atoms with Crippen molar-refractivity contribution in [3.8, 4) is 0 Å². The van der Waals surface area contributed by atoms with E-state index in [1.165, 1.54) is 11.1 Å². The van der Waals surface area contributed by atoms with E-state index in [9.17, 15) is 4.79 Å². The molecule has 2 aliphatic rings. The Kier molecular flexibility index (Phi) is 3.68. The average Bonchev–Trinajstić information content (AvgIpc) is 3.43. The summed E-state index contributed by atoms with van der Waals surface area (Å²) in [4.78, 5) is 19.1. The van der Waals surface area contributed by atoms with Gasteiger partial charge >= 0.3 is 0 Å². The fourth-order valence-electron chi connectivity index (χ4n) is 3.13. The topological polar surface area (TPSA) is 38.1 Å². The van der Waals surface area contributed by atoms with Gasteiger partial charge in [0.05, 0.1) is 6.54 Å². The number of amides is 1. The van der Waals surface area contributed by atoms with Gasteiger partial charge in [0.25, 0.3) is 0 Å². The van der Waals surface area contributed by atoms with Gasteiger partial charge in [-0.25, -0.2) is 4.98 Å². The van der Waals surface area contributed by atoms with Crippen molar-refractivity contribution in [2.75, 3.05) is 0 Å². The van der Waals surface area contributed by atoms with Gasteiger partial charge < -0.3 is 9.47 Å². The lowest BCUT2D eigenvalue weighted by Gasteiger charge is -2.22.